The predicted molar refractivity (Wildman–Crippen MR) is 108 cm³/mol. The molecule has 3 rings (SSSR count). The van der Waals surface area contributed by atoms with Crippen molar-refractivity contribution in [2.75, 3.05) is 10.6 Å². The Kier molecular flexibility index (Phi) is 5.36. The maximum atomic E-state index is 5.96. The molecule has 0 spiro atoms. The van der Waals surface area contributed by atoms with Gasteiger partial charge < -0.3 is 10.6 Å². The zero-order valence-electron chi connectivity index (χ0n) is 14.3. The largest absolute Gasteiger partial charge is 0.326 e. The van der Waals surface area contributed by atoms with E-state index >= 15 is 0 Å². The molecule has 0 unspecified atom stereocenters. The molecule has 3 aromatic rings. The second-order valence-corrected chi connectivity index (χ2v) is 6.36. The summed E-state index contributed by atoms with van der Waals surface area (Å²) in [6.45, 7) is 4.13. The predicted octanol–water partition coefficient (Wildman–Crippen LogP) is 6.17. The van der Waals surface area contributed by atoms with E-state index in [9.17, 15) is 0 Å². The lowest BCUT2D eigenvalue weighted by atomic mass is 10.2. The molecule has 0 fully saturated rings. The number of hydrogen-bond acceptors (Lipinski definition) is 1. The monoisotopic (exact) mass is 349 g/mol. The Morgan fingerprint density at radius 3 is 1.64 bits per heavy atom. The first-order valence-electron chi connectivity index (χ1n) is 8.10. The molecule has 0 amide bonds. The van der Waals surface area contributed by atoms with Gasteiger partial charge in [0.15, 0.2) is 0 Å². The molecule has 2 N–H and O–H groups in total. The molecule has 0 saturated carbocycles. The third-order valence-corrected chi connectivity index (χ3v) is 3.95. The third kappa shape index (κ3) is 5.10. The van der Waals surface area contributed by atoms with Crippen molar-refractivity contribution < 1.29 is 0 Å². The van der Waals surface area contributed by atoms with Crippen molar-refractivity contribution in [1.82, 2.24) is 0 Å². The lowest BCUT2D eigenvalue weighted by molar-refractivity contribution is 1.41. The molecule has 3 nitrogen and oxygen atoms in total. The number of halogens is 1. The molecule has 0 saturated heterocycles. The second-order valence-electron chi connectivity index (χ2n) is 5.92. The van der Waals surface area contributed by atoms with Gasteiger partial charge in [0.05, 0.1) is 5.69 Å². The number of rotatable bonds is 3. The average molecular weight is 350 g/mol. The molecule has 0 bridgehead atoms. The summed E-state index contributed by atoms with van der Waals surface area (Å²) in [5.41, 5.74) is 5.18. The van der Waals surface area contributed by atoms with Gasteiger partial charge in [0.25, 0.3) is 0 Å². The SMILES string of the molecule is Cc1ccc(N=C(Nc2ccc(C)cc2)Nc2ccc(Cl)cc2)cc1. The fraction of sp³-hybridized carbons (Fsp3) is 0.0952. The molecule has 0 aliphatic carbocycles. The fourth-order valence-electron chi connectivity index (χ4n) is 2.28. The standard InChI is InChI=1S/C21H20ClN3/c1-15-3-9-18(10-4-15)23-21(24-19-11-5-16(2)6-12-19)25-20-13-7-17(22)8-14-20/h3-14H,1-2H3,(H2,23,24,25). The summed E-state index contributed by atoms with van der Waals surface area (Å²) in [6, 6.07) is 23.8. The van der Waals surface area contributed by atoms with Crippen LogP contribution in [0.4, 0.5) is 17.1 Å². The van der Waals surface area contributed by atoms with Crippen LogP contribution in [0, 0.1) is 13.8 Å². The van der Waals surface area contributed by atoms with Crippen molar-refractivity contribution in [1.29, 1.82) is 0 Å². The van der Waals surface area contributed by atoms with Gasteiger partial charge in [-0.1, -0.05) is 47.0 Å². The minimum absolute atomic E-state index is 0.648. The quantitative estimate of drug-likeness (QED) is 0.438. The van der Waals surface area contributed by atoms with Gasteiger partial charge >= 0.3 is 0 Å². The number of anilines is 2. The summed E-state index contributed by atoms with van der Waals surface area (Å²) in [5, 5.41) is 7.35. The highest BCUT2D eigenvalue weighted by Crippen LogP contribution is 2.17. The van der Waals surface area contributed by atoms with E-state index in [1.165, 1.54) is 11.1 Å². The van der Waals surface area contributed by atoms with Crippen molar-refractivity contribution in [3.05, 3.63) is 88.9 Å². The zero-order valence-corrected chi connectivity index (χ0v) is 15.0. The Balaban J connectivity index is 1.87. The first-order chi connectivity index (χ1) is 12.1. The van der Waals surface area contributed by atoms with Crippen LogP contribution in [0.2, 0.25) is 5.02 Å². The second kappa shape index (κ2) is 7.86. The Morgan fingerprint density at radius 1 is 0.680 bits per heavy atom. The Labute approximate surface area is 153 Å². The molecule has 0 aliphatic heterocycles. The van der Waals surface area contributed by atoms with E-state index in [0.29, 0.717) is 11.0 Å². The van der Waals surface area contributed by atoms with Gasteiger partial charge in [-0.05, 0) is 62.4 Å². The van der Waals surface area contributed by atoms with Crippen LogP contribution < -0.4 is 10.6 Å². The van der Waals surface area contributed by atoms with Crippen LogP contribution in [0.15, 0.2) is 77.8 Å². The van der Waals surface area contributed by atoms with E-state index in [2.05, 4.69) is 36.6 Å². The molecule has 0 radical (unpaired) electrons. The molecule has 25 heavy (non-hydrogen) atoms. The van der Waals surface area contributed by atoms with E-state index in [0.717, 1.165) is 17.1 Å². The number of nitrogens with one attached hydrogen (secondary N) is 2. The van der Waals surface area contributed by atoms with Crippen LogP contribution >= 0.6 is 11.6 Å². The third-order valence-electron chi connectivity index (χ3n) is 3.70. The smallest absolute Gasteiger partial charge is 0.205 e. The number of aliphatic imine (C=N–C) groups is 1. The number of benzene rings is 3. The number of nitrogens with zero attached hydrogens (tertiary/aromatic N) is 1. The van der Waals surface area contributed by atoms with Crippen molar-refractivity contribution in [2.24, 2.45) is 4.99 Å². The Hall–Kier alpha value is -2.78. The summed E-state index contributed by atoms with van der Waals surface area (Å²) < 4.78 is 0. The average Bonchev–Trinajstić information content (AvgIpc) is 2.61. The maximum absolute atomic E-state index is 5.96. The molecular formula is C21H20ClN3. The van der Waals surface area contributed by atoms with Crippen molar-refractivity contribution >= 4 is 34.6 Å². The van der Waals surface area contributed by atoms with E-state index in [-0.39, 0.29) is 0 Å². The zero-order chi connectivity index (χ0) is 17.6. The van der Waals surface area contributed by atoms with Gasteiger partial charge in [0.2, 0.25) is 5.96 Å². The van der Waals surface area contributed by atoms with Crippen LogP contribution in [0.1, 0.15) is 11.1 Å². The van der Waals surface area contributed by atoms with Gasteiger partial charge in [-0.25, -0.2) is 4.99 Å². The van der Waals surface area contributed by atoms with E-state index in [1.807, 2.05) is 60.7 Å². The molecule has 0 heterocycles. The summed E-state index contributed by atoms with van der Waals surface area (Å²) in [6.07, 6.45) is 0. The maximum Gasteiger partial charge on any atom is 0.205 e. The van der Waals surface area contributed by atoms with Crippen molar-refractivity contribution in [2.45, 2.75) is 13.8 Å². The normalized spacial score (nSPS) is 11.2. The van der Waals surface area contributed by atoms with Crippen LogP contribution in [-0.4, -0.2) is 5.96 Å². The number of hydrogen-bond donors (Lipinski definition) is 2. The van der Waals surface area contributed by atoms with Crippen LogP contribution in [0.5, 0.6) is 0 Å². The Bertz CT molecular complexity index is 802. The minimum Gasteiger partial charge on any atom is -0.326 e. The van der Waals surface area contributed by atoms with E-state index in [1.54, 1.807) is 0 Å². The topological polar surface area (TPSA) is 36.4 Å². The summed E-state index contributed by atoms with van der Waals surface area (Å²) >= 11 is 5.96. The lowest BCUT2D eigenvalue weighted by Gasteiger charge is -2.13. The van der Waals surface area contributed by atoms with Crippen molar-refractivity contribution in [3.63, 3.8) is 0 Å². The van der Waals surface area contributed by atoms with Gasteiger partial charge in [-0.15, -0.1) is 0 Å². The molecule has 0 aromatic heterocycles. The van der Waals surface area contributed by atoms with Crippen LogP contribution in [0.3, 0.4) is 0 Å². The highest BCUT2D eigenvalue weighted by molar-refractivity contribution is 6.30. The lowest BCUT2D eigenvalue weighted by Crippen LogP contribution is -2.21. The van der Waals surface area contributed by atoms with Gasteiger partial charge in [0, 0.05) is 16.4 Å². The minimum atomic E-state index is 0.648. The first kappa shape index (κ1) is 17.1. The number of guanidine groups is 1. The number of aryl methyl sites for hydroxylation is 2. The summed E-state index contributed by atoms with van der Waals surface area (Å²) in [5.74, 6) is 0.648. The van der Waals surface area contributed by atoms with Crippen molar-refractivity contribution in [3.8, 4) is 0 Å². The van der Waals surface area contributed by atoms with Gasteiger partial charge in [0.1, 0.15) is 0 Å². The Morgan fingerprint density at radius 2 is 1.12 bits per heavy atom. The summed E-state index contributed by atoms with van der Waals surface area (Å²) in [4.78, 5) is 4.70. The van der Waals surface area contributed by atoms with Gasteiger partial charge in [-0.3, -0.25) is 0 Å². The molecule has 0 atom stereocenters. The van der Waals surface area contributed by atoms with Gasteiger partial charge in [-0.2, -0.15) is 0 Å². The molecule has 126 valence electrons. The highest BCUT2D eigenvalue weighted by atomic mass is 35.5. The van der Waals surface area contributed by atoms with Crippen LogP contribution in [-0.2, 0) is 0 Å². The molecule has 3 aromatic carbocycles. The molecular weight excluding hydrogens is 330 g/mol. The fourth-order valence-corrected chi connectivity index (χ4v) is 2.41. The van der Waals surface area contributed by atoms with E-state index < -0.39 is 0 Å². The highest BCUT2D eigenvalue weighted by Gasteiger charge is 2.03. The molecule has 4 heteroatoms. The molecule has 0 aliphatic rings. The summed E-state index contributed by atoms with van der Waals surface area (Å²) in [7, 11) is 0. The van der Waals surface area contributed by atoms with E-state index in [4.69, 9.17) is 16.6 Å². The van der Waals surface area contributed by atoms with Crippen LogP contribution in [0.25, 0.3) is 0 Å². The first-order valence-corrected chi connectivity index (χ1v) is 8.48.